The van der Waals surface area contributed by atoms with Gasteiger partial charge in [-0.3, -0.25) is 4.79 Å². The summed E-state index contributed by atoms with van der Waals surface area (Å²) >= 11 is 0. The van der Waals surface area contributed by atoms with E-state index in [2.05, 4.69) is 6.07 Å². The van der Waals surface area contributed by atoms with E-state index in [0.29, 0.717) is 18.5 Å². The minimum Gasteiger partial charge on any atom is -0.376 e. The van der Waals surface area contributed by atoms with Gasteiger partial charge in [-0.05, 0) is 37.0 Å². The molecule has 1 heterocycles. The summed E-state index contributed by atoms with van der Waals surface area (Å²) in [4.78, 5) is 13.9. The van der Waals surface area contributed by atoms with Crippen LogP contribution >= 0.6 is 0 Å². The summed E-state index contributed by atoms with van der Waals surface area (Å²) in [6, 6.07) is 9.23. The van der Waals surface area contributed by atoms with Crippen molar-refractivity contribution in [3.05, 3.63) is 35.4 Å². The second-order valence-electron chi connectivity index (χ2n) is 5.25. The highest BCUT2D eigenvalue weighted by molar-refractivity contribution is 5.78. The van der Waals surface area contributed by atoms with Crippen LogP contribution < -0.4 is 0 Å². The Kier molecular flexibility index (Phi) is 5.14. The van der Waals surface area contributed by atoms with Crippen LogP contribution in [0.4, 0.5) is 0 Å². The van der Waals surface area contributed by atoms with E-state index in [1.54, 1.807) is 17.0 Å². The van der Waals surface area contributed by atoms with E-state index in [9.17, 15) is 4.79 Å². The third-order valence-electron chi connectivity index (χ3n) is 3.62. The van der Waals surface area contributed by atoms with Gasteiger partial charge in [0.25, 0.3) is 0 Å². The predicted molar refractivity (Wildman–Crippen MR) is 76.1 cm³/mol. The summed E-state index contributed by atoms with van der Waals surface area (Å²) in [7, 11) is 1.82. The van der Waals surface area contributed by atoms with Gasteiger partial charge in [0.15, 0.2) is 0 Å². The summed E-state index contributed by atoms with van der Waals surface area (Å²) in [5.41, 5.74) is 1.55. The lowest BCUT2D eigenvalue weighted by molar-refractivity contribution is -0.131. The number of hydrogen-bond donors (Lipinski definition) is 0. The van der Waals surface area contributed by atoms with Crippen LogP contribution in [0.1, 0.15) is 30.4 Å². The largest absolute Gasteiger partial charge is 0.376 e. The molecule has 1 atom stereocenters. The number of carbonyl (C=O) groups is 1. The quantitative estimate of drug-likeness (QED) is 0.843. The van der Waals surface area contributed by atoms with Crippen LogP contribution in [0.15, 0.2) is 24.3 Å². The minimum atomic E-state index is 0.0869. The molecule has 106 valence electrons. The highest BCUT2D eigenvalue weighted by Gasteiger charge is 2.18. The summed E-state index contributed by atoms with van der Waals surface area (Å²) in [5.74, 6) is 0.0869. The summed E-state index contributed by atoms with van der Waals surface area (Å²) in [6.07, 6.45) is 3.89. The molecule has 0 aromatic heterocycles. The molecule has 0 radical (unpaired) electrons. The van der Waals surface area contributed by atoms with Crippen molar-refractivity contribution in [1.82, 2.24) is 4.90 Å². The minimum absolute atomic E-state index is 0.0869. The van der Waals surface area contributed by atoms with Crippen LogP contribution in [0, 0.1) is 11.3 Å². The van der Waals surface area contributed by atoms with Gasteiger partial charge in [-0.2, -0.15) is 5.26 Å². The third kappa shape index (κ3) is 4.07. The average molecular weight is 272 g/mol. The van der Waals surface area contributed by atoms with Crippen molar-refractivity contribution in [1.29, 1.82) is 5.26 Å². The zero-order chi connectivity index (χ0) is 14.4. The Hall–Kier alpha value is -1.86. The molecule has 1 fully saturated rings. The molecular weight excluding hydrogens is 252 g/mol. The molecule has 1 saturated heterocycles. The fourth-order valence-corrected chi connectivity index (χ4v) is 2.37. The maximum Gasteiger partial charge on any atom is 0.226 e. The topological polar surface area (TPSA) is 53.3 Å². The van der Waals surface area contributed by atoms with Gasteiger partial charge in [-0.15, -0.1) is 0 Å². The fourth-order valence-electron chi connectivity index (χ4n) is 2.37. The van der Waals surface area contributed by atoms with Crippen molar-refractivity contribution in [2.45, 2.75) is 31.8 Å². The van der Waals surface area contributed by atoms with E-state index >= 15 is 0 Å². The number of rotatable bonds is 4. The molecule has 1 aliphatic rings. The zero-order valence-corrected chi connectivity index (χ0v) is 11.8. The molecule has 0 bridgehead atoms. The zero-order valence-electron chi connectivity index (χ0n) is 11.8. The van der Waals surface area contributed by atoms with E-state index in [1.807, 2.05) is 19.2 Å². The maximum absolute atomic E-state index is 12.1. The highest BCUT2D eigenvalue weighted by Crippen LogP contribution is 2.14. The van der Waals surface area contributed by atoms with Gasteiger partial charge in [0.1, 0.15) is 0 Å². The van der Waals surface area contributed by atoms with Gasteiger partial charge in [-0.25, -0.2) is 0 Å². The lowest BCUT2D eigenvalue weighted by atomic mass is 10.1. The molecule has 1 amide bonds. The molecule has 1 aromatic rings. The number of ether oxygens (including phenoxy) is 1. The summed E-state index contributed by atoms with van der Waals surface area (Å²) in [5, 5.41) is 8.74. The molecule has 0 spiro atoms. The maximum atomic E-state index is 12.1. The highest BCUT2D eigenvalue weighted by atomic mass is 16.5. The van der Waals surface area contributed by atoms with Crippen LogP contribution in [0.5, 0.6) is 0 Å². The molecule has 4 heteroatoms. The van der Waals surface area contributed by atoms with Gasteiger partial charge in [0, 0.05) is 20.2 Å². The Labute approximate surface area is 120 Å². The lowest BCUT2D eigenvalue weighted by Gasteiger charge is -2.27. The van der Waals surface area contributed by atoms with Gasteiger partial charge in [0.2, 0.25) is 5.91 Å². The molecule has 0 aliphatic carbocycles. The third-order valence-corrected chi connectivity index (χ3v) is 3.62. The Morgan fingerprint density at radius 2 is 2.15 bits per heavy atom. The number of amides is 1. The standard InChI is InChI=1S/C16H20N2O2/c1-18(12-15-4-2-3-9-20-15)16(19)10-13-5-7-14(11-17)8-6-13/h5-8,15H,2-4,9-10,12H2,1H3. The Balaban J connectivity index is 1.85. The van der Waals surface area contributed by atoms with E-state index in [4.69, 9.17) is 10.00 Å². The molecule has 2 rings (SSSR count). The summed E-state index contributed by atoms with van der Waals surface area (Å²) < 4.78 is 5.65. The van der Waals surface area contributed by atoms with Crippen LogP contribution in [0.25, 0.3) is 0 Å². The van der Waals surface area contributed by atoms with E-state index in [-0.39, 0.29) is 12.0 Å². The molecule has 0 N–H and O–H groups in total. The second-order valence-corrected chi connectivity index (χ2v) is 5.25. The molecule has 20 heavy (non-hydrogen) atoms. The number of benzene rings is 1. The van der Waals surface area contributed by atoms with Crippen molar-refractivity contribution in [3.8, 4) is 6.07 Å². The van der Waals surface area contributed by atoms with Crippen molar-refractivity contribution in [2.75, 3.05) is 20.2 Å². The molecule has 4 nitrogen and oxygen atoms in total. The van der Waals surface area contributed by atoms with Crippen molar-refractivity contribution in [2.24, 2.45) is 0 Å². The number of nitrogens with zero attached hydrogens (tertiary/aromatic N) is 2. The SMILES string of the molecule is CN(CC1CCCCO1)C(=O)Cc1ccc(C#N)cc1. The Bertz CT molecular complexity index is 484. The number of carbonyl (C=O) groups excluding carboxylic acids is 1. The normalized spacial score (nSPS) is 18.3. The Morgan fingerprint density at radius 1 is 1.40 bits per heavy atom. The van der Waals surface area contributed by atoms with E-state index in [0.717, 1.165) is 25.0 Å². The molecular formula is C16H20N2O2. The van der Waals surface area contributed by atoms with E-state index < -0.39 is 0 Å². The summed E-state index contributed by atoms with van der Waals surface area (Å²) in [6.45, 7) is 1.47. The molecule has 1 aromatic carbocycles. The number of nitriles is 1. The number of likely N-dealkylation sites (N-methyl/N-ethyl adjacent to an activating group) is 1. The van der Waals surface area contributed by atoms with Gasteiger partial charge >= 0.3 is 0 Å². The second kappa shape index (κ2) is 7.06. The first-order valence-electron chi connectivity index (χ1n) is 7.03. The van der Waals surface area contributed by atoms with Crippen LogP contribution in [0.3, 0.4) is 0 Å². The molecule has 1 unspecified atom stereocenters. The molecule has 0 saturated carbocycles. The predicted octanol–water partition coefficient (Wildman–Crippen LogP) is 2.13. The van der Waals surface area contributed by atoms with Crippen LogP contribution in [-0.4, -0.2) is 37.1 Å². The average Bonchev–Trinajstić information content (AvgIpc) is 2.49. The van der Waals surface area contributed by atoms with Gasteiger partial charge in [0.05, 0.1) is 24.2 Å². The van der Waals surface area contributed by atoms with Gasteiger partial charge in [-0.1, -0.05) is 12.1 Å². The fraction of sp³-hybridized carbons (Fsp3) is 0.500. The first-order valence-corrected chi connectivity index (χ1v) is 7.03. The van der Waals surface area contributed by atoms with Crippen molar-refractivity contribution >= 4 is 5.91 Å². The van der Waals surface area contributed by atoms with Crippen molar-refractivity contribution < 1.29 is 9.53 Å². The first-order chi connectivity index (χ1) is 9.69. The Morgan fingerprint density at radius 3 is 2.75 bits per heavy atom. The molecule has 1 aliphatic heterocycles. The van der Waals surface area contributed by atoms with Crippen LogP contribution in [-0.2, 0) is 16.0 Å². The lowest BCUT2D eigenvalue weighted by Crippen LogP contribution is -2.37. The van der Waals surface area contributed by atoms with Gasteiger partial charge < -0.3 is 9.64 Å². The smallest absolute Gasteiger partial charge is 0.226 e. The first kappa shape index (κ1) is 14.5. The number of hydrogen-bond acceptors (Lipinski definition) is 3. The van der Waals surface area contributed by atoms with Crippen LogP contribution in [0.2, 0.25) is 0 Å². The van der Waals surface area contributed by atoms with E-state index in [1.165, 1.54) is 6.42 Å². The van der Waals surface area contributed by atoms with Crippen molar-refractivity contribution in [3.63, 3.8) is 0 Å². The monoisotopic (exact) mass is 272 g/mol.